The van der Waals surface area contributed by atoms with Gasteiger partial charge in [-0.2, -0.15) is 0 Å². The summed E-state index contributed by atoms with van der Waals surface area (Å²) in [5, 5.41) is 3.22. The second-order valence-electron chi connectivity index (χ2n) is 6.87. The van der Waals surface area contributed by atoms with E-state index in [1.54, 1.807) is 23.2 Å². The molecule has 1 N–H and O–H groups in total. The number of hydrogen-bond donors (Lipinski definition) is 1. The van der Waals surface area contributed by atoms with Gasteiger partial charge in [-0.25, -0.2) is 0 Å². The zero-order valence-corrected chi connectivity index (χ0v) is 17.0. The highest BCUT2D eigenvalue weighted by Crippen LogP contribution is 2.28. The molecular formula is C23H20N4O2S. The van der Waals surface area contributed by atoms with Crippen LogP contribution in [0.25, 0.3) is 0 Å². The Kier molecular flexibility index (Phi) is 5.81. The highest BCUT2D eigenvalue weighted by Gasteiger charge is 2.44. The number of nitrogens with zero attached hydrogens (tertiary/aromatic N) is 3. The molecule has 1 saturated heterocycles. The maximum Gasteiger partial charge on any atom is 0.256 e. The van der Waals surface area contributed by atoms with Gasteiger partial charge in [-0.1, -0.05) is 42.5 Å². The predicted octanol–water partition coefficient (Wildman–Crippen LogP) is 3.61. The molecule has 6 nitrogen and oxygen atoms in total. The standard InChI is InChI=1S/C23H20N4O2S/c28-21(25-17-9-3-1-4-10-17)15-20-22(29)27(19-12-5-2-6-13-19)23(30)26(20)16-18-11-7-8-14-24-18/h1-14,20H,15-16H2,(H,25,28)/t20-/m0/s1. The lowest BCUT2D eigenvalue weighted by molar-refractivity contribution is -0.124. The van der Waals surface area contributed by atoms with Gasteiger partial charge in [-0.05, 0) is 48.6 Å². The molecule has 30 heavy (non-hydrogen) atoms. The maximum absolute atomic E-state index is 13.3. The molecule has 2 amide bonds. The van der Waals surface area contributed by atoms with E-state index in [4.69, 9.17) is 12.2 Å². The van der Waals surface area contributed by atoms with E-state index in [1.807, 2.05) is 66.7 Å². The molecule has 0 radical (unpaired) electrons. The van der Waals surface area contributed by atoms with Gasteiger partial charge in [0.05, 0.1) is 24.3 Å². The van der Waals surface area contributed by atoms with Crippen molar-refractivity contribution in [2.24, 2.45) is 0 Å². The highest BCUT2D eigenvalue weighted by molar-refractivity contribution is 7.80. The number of aromatic nitrogens is 1. The molecule has 0 saturated carbocycles. The van der Waals surface area contributed by atoms with Crippen molar-refractivity contribution in [3.05, 3.63) is 90.8 Å². The third-order valence-corrected chi connectivity index (χ3v) is 5.24. The lowest BCUT2D eigenvalue weighted by atomic mass is 10.1. The summed E-state index contributed by atoms with van der Waals surface area (Å²) in [5.41, 5.74) is 2.15. The number of carbonyl (C=O) groups is 2. The van der Waals surface area contributed by atoms with Crippen LogP contribution in [0, 0.1) is 0 Å². The second-order valence-corrected chi connectivity index (χ2v) is 7.24. The van der Waals surface area contributed by atoms with Gasteiger partial charge in [0.2, 0.25) is 5.91 Å². The Labute approximate surface area is 180 Å². The molecule has 2 aromatic carbocycles. The Balaban J connectivity index is 1.59. The number of para-hydroxylation sites is 2. The van der Waals surface area contributed by atoms with Crippen LogP contribution in [0.2, 0.25) is 0 Å². The second kappa shape index (κ2) is 8.84. The number of anilines is 2. The summed E-state index contributed by atoms with van der Waals surface area (Å²) in [4.78, 5) is 33.6. The van der Waals surface area contributed by atoms with Gasteiger partial charge in [-0.15, -0.1) is 0 Å². The Hall–Kier alpha value is -3.58. The number of nitrogens with one attached hydrogen (secondary N) is 1. The van der Waals surface area contributed by atoms with Crippen molar-refractivity contribution >= 4 is 40.5 Å². The van der Waals surface area contributed by atoms with Crippen molar-refractivity contribution in [1.82, 2.24) is 9.88 Å². The first-order valence-electron chi connectivity index (χ1n) is 9.58. The van der Waals surface area contributed by atoms with Crippen LogP contribution in [-0.4, -0.2) is 32.9 Å². The molecule has 1 fully saturated rings. The van der Waals surface area contributed by atoms with E-state index in [2.05, 4.69) is 10.3 Å². The number of pyridine rings is 1. The van der Waals surface area contributed by atoms with E-state index in [0.717, 1.165) is 5.69 Å². The average molecular weight is 417 g/mol. The van der Waals surface area contributed by atoms with Crippen LogP contribution in [0.1, 0.15) is 12.1 Å². The molecule has 0 unspecified atom stereocenters. The summed E-state index contributed by atoms with van der Waals surface area (Å²) in [6, 6.07) is 23.3. The van der Waals surface area contributed by atoms with Crippen molar-refractivity contribution in [3.8, 4) is 0 Å². The Morgan fingerprint density at radius 1 is 0.967 bits per heavy atom. The van der Waals surface area contributed by atoms with E-state index in [0.29, 0.717) is 23.0 Å². The summed E-state index contributed by atoms with van der Waals surface area (Å²) in [6.45, 7) is 0.345. The molecule has 0 aliphatic carbocycles. The fourth-order valence-electron chi connectivity index (χ4n) is 3.40. The largest absolute Gasteiger partial charge is 0.330 e. The summed E-state index contributed by atoms with van der Waals surface area (Å²) >= 11 is 5.65. The molecule has 7 heteroatoms. The fourth-order valence-corrected chi connectivity index (χ4v) is 3.79. The highest BCUT2D eigenvalue weighted by atomic mass is 32.1. The van der Waals surface area contributed by atoms with Crippen LogP contribution >= 0.6 is 12.2 Å². The Bertz CT molecular complexity index is 1040. The lowest BCUT2D eigenvalue weighted by Gasteiger charge is -2.23. The predicted molar refractivity (Wildman–Crippen MR) is 120 cm³/mol. The van der Waals surface area contributed by atoms with Crippen LogP contribution in [0.4, 0.5) is 11.4 Å². The quantitative estimate of drug-likeness (QED) is 0.622. The topological polar surface area (TPSA) is 65.5 Å². The number of thiocarbonyl (C=S) groups is 1. The van der Waals surface area contributed by atoms with Gasteiger partial charge >= 0.3 is 0 Å². The molecule has 0 bridgehead atoms. The molecule has 0 spiro atoms. The monoisotopic (exact) mass is 416 g/mol. The molecule has 2 heterocycles. The molecule has 1 aromatic heterocycles. The molecule has 1 aliphatic rings. The third-order valence-electron chi connectivity index (χ3n) is 4.83. The van der Waals surface area contributed by atoms with Gasteiger partial charge in [0, 0.05) is 11.9 Å². The van der Waals surface area contributed by atoms with Crippen LogP contribution in [-0.2, 0) is 16.1 Å². The van der Waals surface area contributed by atoms with Gasteiger partial charge in [0.15, 0.2) is 5.11 Å². The number of benzene rings is 2. The van der Waals surface area contributed by atoms with Crippen LogP contribution in [0.15, 0.2) is 85.1 Å². The summed E-state index contributed by atoms with van der Waals surface area (Å²) < 4.78 is 0. The van der Waals surface area contributed by atoms with Crippen LogP contribution in [0.3, 0.4) is 0 Å². The van der Waals surface area contributed by atoms with Crippen molar-refractivity contribution in [2.75, 3.05) is 10.2 Å². The van der Waals surface area contributed by atoms with E-state index >= 15 is 0 Å². The summed E-state index contributed by atoms with van der Waals surface area (Å²) in [6.07, 6.45) is 1.69. The van der Waals surface area contributed by atoms with Gasteiger partial charge in [-0.3, -0.25) is 19.5 Å². The fraction of sp³-hybridized carbons (Fsp3) is 0.130. The first-order chi connectivity index (χ1) is 14.6. The molecule has 150 valence electrons. The molecule has 1 aliphatic heterocycles. The van der Waals surface area contributed by atoms with Crippen LogP contribution < -0.4 is 10.2 Å². The zero-order valence-electron chi connectivity index (χ0n) is 16.1. The molecule has 1 atom stereocenters. The maximum atomic E-state index is 13.3. The van der Waals surface area contributed by atoms with E-state index in [9.17, 15) is 9.59 Å². The van der Waals surface area contributed by atoms with Crippen LogP contribution in [0.5, 0.6) is 0 Å². The Morgan fingerprint density at radius 2 is 1.63 bits per heavy atom. The minimum absolute atomic E-state index is 0.00989. The van der Waals surface area contributed by atoms with Crippen molar-refractivity contribution in [3.63, 3.8) is 0 Å². The molecule has 4 rings (SSSR count). The van der Waals surface area contributed by atoms with Crippen molar-refractivity contribution < 1.29 is 9.59 Å². The SMILES string of the molecule is O=C(C[C@H]1C(=O)N(c2ccccc2)C(=S)N1Cc1ccccn1)Nc1ccccc1. The van der Waals surface area contributed by atoms with Gasteiger partial charge in [0.1, 0.15) is 6.04 Å². The summed E-state index contributed by atoms with van der Waals surface area (Å²) in [7, 11) is 0. The number of rotatable bonds is 6. The number of carbonyl (C=O) groups excluding carboxylic acids is 2. The smallest absolute Gasteiger partial charge is 0.256 e. The van der Waals surface area contributed by atoms with E-state index < -0.39 is 6.04 Å². The van der Waals surface area contributed by atoms with E-state index in [-0.39, 0.29) is 18.2 Å². The van der Waals surface area contributed by atoms with E-state index in [1.165, 1.54) is 4.90 Å². The normalized spacial score (nSPS) is 16.1. The Morgan fingerprint density at radius 3 is 2.30 bits per heavy atom. The number of hydrogen-bond acceptors (Lipinski definition) is 4. The lowest BCUT2D eigenvalue weighted by Crippen LogP contribution is -2.37. The minimum Gasteiger partial charge on any atom is -0.330 e. The third kappa shape index (κ3) is 4.21. The number of amides is 2. The average Bonchev–Trinajstić information content (AvgIpc) is 2.99. The van der Waals surface area contributed by atoms with Crippen molar-refractivity contribution in [1.29, 1.82) is 0 Å². The van der Waals surface area contributed by atoms with Crippen molar-refractivity contribution in [2.45, 2.75) is 19.0 Å². The minimum atomic E-state index is -0.705. The molecule has 3 aromatic rings. The summed E-state index contributed by atoms with van der Waals surface area (Å²) in [5.74, 6) is -0.464. The van der Waals surface area contributed by atoms with Gasteiger partial charge in [0.25, 0.3) is 5.91 Å². The molecular weight excluding hydrogens is 396 g/mol. The first-order valence-corrected chi connectivity index (χ1v) is 9.99. The van der Waals surface area contributed by atoms with Gasteiger partial charge < -0.3 is 10.2 Å². The first kappa shape index (κ1) is 19.7. The zero-order chi connectivity index (χ0) is 20.9.